The Balaban J connectivity index is 1.65. The first-order valence-electron chi connectivity index (χ1n) is 7.83. The molecule has 1 fully saturated rings. The largest absolute Gasteiger partial charge is 0.490 e. The number of nitrogens with one attached hydrogen (secondary N) is 1. The van der Waals surface area contributed by atoms with E-state index in [1.54, 1.807) is 12.1 Å². The maximum absolute atomic E-state index is 13.3. The van der Waals surface area contributed by atoms with Crippen LogP contribution in [0.25, 0.3) is 0 Å². The van der Waals surface area contributed by atoms with E-state index in [4.69, 9.17) is 9.47 Å². The fourth-order valence-electron chi connectivity index (χ4n) is 3.33. The molecule has 4 heteroatoms. The Kier molecular flexibility index (Phi) is 4.18. The number of rotatable bonds is 5. The Morgan fingerprint density at radius 3 is 3.00 bits per heavy atom. The van der Waals surface area contributed by atoms with E-state index >= 15 is 0 Å². The summed E-state index contributed by atoms with van der Waals surface area (Å²) in [6.45, 7) is 6.89. The summed E-state index contributed by atoms with van der Waals surface area (Å²) in [5, 5.41) is 3.54. The van der Waals surface area contributed by atoms with Gasteiger partial charge in [-0.2, -0.15) is 0 Å². The fraction of sp³-hybridized carbons (Fsp3) is 0.647. The first-order valence-corrected chi connectivity index (χ1v) is 7.83. The maximum atomic E-state index is 13.3. The van der Waals surface area contributed by atoms with Gasteiger partial charge in [0.25, 0.3) is 0 Å². The fourth-order valence-corrected chi connectivity index (χ4v) is 3.33. The minimum Gasteiger partial charge on any atom is -0.490 e. The lowest BCUT2D eigenvalue weighted by molar-refractivity contribution is 0.100. The van der Waals surface area contributed by atoms with Crippen molar-refractivity contribution < 1.29 is 13.9 Å². The van der Waals surface area contributed by atoms with Gasteiger partial charge in [-0.05, 0) is 31.0 Å². The Hall–Kier alpha value is -1.13. The second-order valence-corrected chi connectivity index (χ2v) is 6.74. The third-order valence-corrected chi connectivity index (χ3v) is 4.49. The molecular formula is C17H24FNO2. The SMILES string of the molecule is CC(C)NCC1(CC2Cc3cc(F)ccc3O2)CCOC1. The Morgan fingerprint density at radius 1 is 1.43 bits per heavy atom. The summed E-state index contributed by atoms with van der Waals surface area (Å²) in [6.07, 6.45) is 2.97. The quantitative estimate of drug-likeness (QED) is 0.905. The summed E-state index contributed by atoms with van der Waals surface area (Å²) in [5.74, 6) is 0.658. The third kappa shape index (κ3) is 3.38. The van der Waals surface area contributed by atoms with Crippen LogP contribution in [-0.4, -0.2) is 31.9 Å². The van der Waals surface area contributed by atoms with Crippen molar-refractivity contribution in [1.29, 1.82) is 0 Å². The van der Waals surface area contributed by atoms with E-state index in [0.29, 0.717) is 6.04 Å². The van der Waals surface area contributed by atoms with Crippen LogP contribution in [0.3, 0.4) is 0 Å². The highest BCUT2D eigenvalue weighted by atomic mass is 19.1. The molecule has 1 N–H and O–H groups in total. The van der Waals surface area contributed by atoms with Crippen LogP contribution in [0.2, 0.25) is 0 Å². The van der Waals surface area contributed by atoms with E-state index in [9.17, 15) is 4.39 Å². The highest BCUT2D eigenvalue weighted by Crippen LogP contribution is 2.39. The molecule has 1 saturated heterocycles. The zero-order valence-electron chi connectivity index (χ0n) is 12.8. The van der Waals surface area contributed by atoms with E-state index in [-0.39, 0.29) is 17.3 Å². The van der Waals surface area contributed by atoms with E-state index in [2.05, 4.69) is 19.2 Å². The van der Waals surface area contributed by atoms with Crippen LogP contribution in [-0.2, 0) is 11.2 Å². The first-order chi connectivity index (χ1) is 10.1. The molecule has 116 valence electrons. The summed E-state index contributed by atoms with van der Waals surface area (Å²) in [7, 11) is 0. The van der Waals surface area contributed by atoms with Crippen molar-refractivity contribution in [3.63, 3.8) is 0 Å². The number of hydrogen-bond donors (Lipinski definition) is 1. The zero-order valence-corrected chi connectivity index (χ0v) is 12.8. The molecular weight excluding hydrogens is 269 g/mol. The average molecular weight is 293 g/mol. The molecule has 2 aliphatic rings. The number of hydrogen-bond acceptors (Lipinski definition) is 3. The van der Waals surface area contributed by atoms with E-state index in [1.807, 2.05) is 0 Å². The normalized spacial score (nSPS) is 27.9. The summed E-state index contributed by atoms with van der Waals surface area (Å²) in [4.78, 5) is 0. The third-order valence-electron chi connectivity index (χ3n) is 4.49. The van der Waals surface area contributed by atoms with Gasteiger partial charge in [0.1, 0.15) is 17.7 Å². The van der Waals surface area contributed by atoms with Crippen molar-refractivity contribution in [3.8, 4) is 5.75 Å². The van der Waals surface area contributed by atoms with Crippen LogP contribution in [0.1, 0.15) is 32.3 Å². The predicted molar refractivity (Wildman–Crippen MR) is 80.1 cm³/mol. The van der Waals surface area contributed by atoms with Crippen LogP contribution in [0, 0.1) is 11.2 Å². The molecule has 0 amide bonds. The maximum Gasteiger partial charge on any atom is 0.123 e. The lowest BCUT2D eigenvalue weighted by Crippen LogP contribution is -2.41. The molecule has 2 aliphatic heterocycles. The number of ether oxygens (including phenoxy) is 2. The molecule has 0 aromatic heterocycles. The lowest BCUT2D eigenvalue weighted by atomic mass is 9.80. The van der Waals surface area contributed by atoms with Gasteiger partial charge in [-0.15, -0.1) is 0 Å². The van der Waals surface area contributed by atoms with E-state index in [0.717, 1.165) is 50.3 Å². The van der Waals surface area contributed by atoms with Gasteiger partial charge < -0.3 is 14.8 Å². The van der Waals surface area contributed by atoms with Gasteiger partial charge in [-0.1, -0.05) is 13.8 Å². The molecule has 2 unspecified atom stereocenters. The van der Waals surface area contributed by atoms with Crippen molar-refractivity contribution in [2.75, 3.05) is 19.8 Å². The number of fused-ring (bicyclic) bond motifs is 1. The minimum atomic E-state index is -0.182. The Morgan fingerprint density at radius 2 is 2.29 bits per heavy atom. The van der Waals surface area contributed by atoms with Gasteiger partial charge in [-0.3, -0.25) is 0 Å². The van der Waals surface area contributed by atoms with Crippen molar-refractivity contribution in [2.24, 2.45) is 5.41 Å². The van der Waals surface area contributed by atoms with Gasteiger partial charge in [0.2, 0.25) is 0 Å². The molecule has 3 nitrogen and oxygen atoms in total. The minimum absolute atomic E-state index is 0.137. The number of benzene rings is 1. The first kappa shape index (κ1) is 14.8. The zero-order chi connectivity index (χ0) is 14.9. The predicted octanol–water partition coefficient (Wildman–Crippen LogP) is 2.92. The van der Waals surface area contributed by atoms with Gasteiger partial charge in [0, 0.05) is 36.6 Å². The second kappa shape index (κ2) is 5.93. The van der Waals surface area contributed by atoms with Gasteiger partial charge >= 0.3 is 0 Å². The van der Waals surface area contributed by atoms with Crippen molar-refractivity contribution in [1.82, 2.24) is 5.32 Å². The van der Waals surface area contributed by atoms with Crippen molar-refractivity contribution in [3.05, 3.63) is 29.6 Å². The van der Waals surface area contributed by atoms with Crippen LogP contribution < -0.4 is 10.1 Å². The standard InChI is InChI=1S/C17H24FNO2/c1-12(2)19-10-17(5-6-20-11-17)9-15-8-13-7-14(18)3-4-16(13)21-15/h3-4,7,12,15,19H,5-6,8-11H2,1-2H3. The molecule has 0 bridgehead atoms. The molecule has 0 saturated carbocycles. The molecule has 0 radical (unpaired) electrons. The summed E-state index contributed by atoms with van der Waals surface area (Å²) in [5.41, 5.74) is 1.14. The summed E-state index contributed by atoms with van der Waals surface area (Å²) >= 11 is 0. The van der Waals surface area contributed by atoms with Crippen molar-refractivity contribution >= 4 is 0 Å². The summed E-state index contributed by atoms with van der Waals surface area (Å²) < 4.78 is 24.9. The van der Waals surface area contributed by atoms with Crippen LogP contribution in [0.4, 0.5) is 4.39 Å². The highest BCUT2D eigenvalue weighted by Gasteiger charge is 2.39. The molecule has 1 aromatic rings. The van der Waals surface area contributed by atoms with E-state index in [1.165, 1.54) is 6.07 Å². The smallest absolute Gasteiger partial charge is 0.123 e. The lowest BCUT2D eigenvalue weighted by Gasteiger charge is -2.31. The molecule has 3 rings (SSSR count). The van der Waals surface area contributed by atoms with Crippen LogP contribution in [0.15, 0.2) is 18.2 Å². The molecule has 0 aliphatic carbocycles. The molecule has 21 heavy (non-hydrogen) atoms. The second-order valence-electron chi connectivity index (χ2n) is 6.74. The molecule has 2 heterocycles. The molecule has 0 spiro atoms. The highest BCUT2D eigenvalue weighted by molar-refractivity contribution is 5.37. The average Bonchev–Trinajstić information content (AvgIpc) is 3.03. The molecule has 2 atom stereocenters. The topological polar surface area (TPSA) is 30.5 Å². The summed E-state index contributed by atoms with van der Waals surface area (Å²) in [6, 6.07) is 5.28. The van der Waals surface area contributed by atoms with Crippen molar-refractivity contribution in [2.45, 2.75) is 45.3 Å². The number of halogens is 1. The Labute approximate surface area is 125 Å². The van der Waals surface area contributed by atoms with Gasteiger partial charge in [0.15, 0.2) is 0 Å². The van der Waals surface area contributed by atoms with Gasteiger partial charge in [-0.25, -0.2) is 4.39 Å². The molecule has 1 aromatic carbocycles. The van der Waals surface area contributed by atoms with Gasteiger partial charge in [0.05, 0.1) is 6.61 Å². The monoisotopic (exact) mass is 293 g/mol. The van der Waals surface area contributed by atoms with E-state index < -0.39 is 0 Å². The Bertz CT molecular complexity index is 498. The van der Waals surface area contributed by atoms with Crippen LogP contribution in [0.5, 0.6) is 5.75 Å². The van der Waals surface area contributed by atoms with Crippen LogP contribution >= 0.6 is 0 Å².